The number of carbonyl (C=O) groups is 1. The van der Waals surface area contributed by atoms with Crippen LogP contribution in [-0.2, 0) is 6.54 Å². The van der Waals surface area contributed by atoms with Gasteiger partial charge in [-0.1, -0.05) is 17.7 Å². The van der Waals surface area contributed by atoms with Gasteiger partial charge in [0.1, 0.15) is 5.69 Å². The van der Waals surface area contributed by atoms with Crippen LogP contribution >= 0.6 is 38.9 Å². The second kappa shape index (κ2) is 7.02. The smallest absolute Gasteiger partial charge is 0.273 e. The minimum atomic E-state index is -0.123. The standard InChI is InChI=1S/C14H12BrClN2OS/c1-2-7-18(9-11-4-6-13(16)20-11)14(19)12-5-3-10(15)8-17-12/h2-6,8H,1,7,9H2. The van der Waals surface area contributed by atoms with E-state index in [1.54, 1.807) is 29.3 Å². The van der Waals surface area contributed by atoms with E-state index in [9.17, 15) is 4.79 Å². The number of hydrogen-bond acceptors (Lipinski definition) is 3. The molecule has 0 aliphatic rings. The molecule has 0 radical (unpaired) electrons. The highest BCUT2D eigenvalue weighted by Gasteiger charge is 2.17. The molecule has 0 N–H and O–H groups in total. The van der Waals surface area contributed by atoms with Crippen LogP contribution in [0.5, 0.6) is 0 Å². The van der Waals surface area contributed by atoms with E-state index in [-0.39, 0.29) is 5.91 Å². The predicted octanol–water partition coefficient (Wildman–Crippen LogP) is 4.39. The molecular formula is C14H12BrClN2OS. The fraction of sp³-hybridized carbons (Fsp3) is 0.143. The Labute approximate surface area is 135 Å². The summed E-state index contributed by atoms with van der Waals surface area (Å²) < 4.78 is 1.56. The minimum absolute atomic E-state index is 0.123. The van der Waals surface area contributed by atoms with Gasteiger partial charge >= 0.3 is 0 Å². The lowest BCUT2D eigenvalue weighted by Gasteiger charge is -2.19. The van der Waals surface area contributed by atoms with Gasteiger partial charge in [-0.25, -0.2) is 4.98 Å². The molecule has 0 aliphatic carbocycles. The van der Waals surface area contributed by atoms with Gasteiger partial charge in [0.05, 0.1) is 10.9 Å². The van der Waals surface area contributed by atoms with Gasteiger partial charge in [0.15, 0.2) is 0 Å². The van der Waals surface area contributed by atoms with Crippen LogP contribution in [0, 0.1) is 0 Å². The van der Waals surface area contributed by atoms with E-state index in [0.717, 1.165) is 9.35 Å². The molecule has 104 valence electrons. The van der Waals surface area contributed by atoms with Crippen molar-refractivity contribution in [3.8, 4) is 0 Å². The molecule has 0 saturated heterocycles. The molecule has 0 spiro atoms. The Morgan fingerprint density at radius 2 is 2.25 bits per heavy atom. The van der Waals surface area contributed by atoms with Crippen LogP contribution in [0.25, 0.3) is 0 Å². The van der Waals surface area contributed by atoms with Crippen LogP contribution in [0.4, 0.5) is 0 Å². The van der Waals surface area contributed by atoms with E-state index >= 15 is 0 Å². The number of thiophene rings is 1. The van der Waals surface area contributed by atoms with Gasteiger partial charge in [-0.15, -0.1) is 17.9 Å². The molecule has 0 bridgehead atoms. The summed E-state index contributed by atoms with van der Waals surface area (Å²) >= 11 is 10.7. The van der Waals surface area contributed by atoms with E-state index < -0.39 is 0 Å². The van der Waals surface area contributed by atoms with Crippen LogP contribution < -0.4 is 0 Å². The third-order valence-electron chi connectivity index (χ3n) is 2.56. The number of pyridine rings is 1. The number of amides is 1. The van der Waals surface area contributed by atoms with E-state index in [1.165, 1.54) is 11.3 Å². The zero-order valence-corrected chi connectivity index (χ0v) is 13.7. The normalized spacial score (nSPS) is 10.3. The number of hydrogen-bond donors (Lipinski definition) is 0. The summed E-state index contributed by atoms with van der Waals surface area (Å²) in [6.45, 7) is 4.66. The topological polar surface area (TPSA) is 33.2 Å². The van der Waals surface area contributed by atoms with Gasteiger partial charge in [0.25, 0.3) is 5.91 Å². The maximum absolute atomic E-state index is 12.4. The van der Waals surface area contributed by atoms with Crippen molar-refractivity contribution >= 4 is 44.8 Å². The Kier molecular flexibility index (Phi) is 5.34. The molecule has 2 aromatic heterocycles. The first-order valence-electron chi connectivity index (χ1n) is 5.86. The maximum Gasteiger partial charge on any atom is 0.273 e. The van der Waals surface area contributed by atoms with Crippen molar-refractivity contribution in [2.45, 2.75) is 6.54 Å². The lowest BCUT2D eigenvalue weighted by atomic mass is 10.3. The number of halogens is 2. The summed E-state index contributed by atoms with van der Waals surface area (Å²) in [7, 11) is 0. The largest absolute Gasteiger partial charge is 0.328 e. The Hall–Kier alpha value is -1.17. The zero-order valence-electron chi connectivity index (χ0n) is 10.6. The van der Waals surface area contributed by atoms with E-state index in [1.807, 2.05) is 12.1 Å². The monoisotopic (exact) mass is 370 g/mol. The molecule has 20 heavy (non-hydrogen) atoms. The highest BCUT2D eigenvalue weighted by atomic mass is 79.9. The summed E-state index contributed by atoms with van der Waals surface area (Å²) in [4.78, 5) is 19.3. The second-order valence-corrected chi connectivity index (χ2v) is 6.76. The maximum atomic E-state index is 12.4. The molecule has 0 unspecified atom stereocenters. The molecule has 1 amide bonds. The Balaban J connectivity index is 2.17. The average molecular weight is 372 g/mol. The molecule has 2 aromatic rings. The van der Waals surface area contributed by atoms with E-state index in [0.29, 0.717) is 23.1 Å². The zero-order chi connectivity index (χ0) is 14.5. The predicted molar refractivity (Wildman–Crippen MR) is 86.2 cm³/mol. The second-order valence-electron chi connectivity index (χ2n) is 4.04. The third-order valence-corrected chi connectivity index (χ3v) is 4.24. The molecule has 0 aliphatic heterocycles. The number of nitrogens with zero attached hydrogens (tertiary/aromatic N) is 2. The van der Waals surface area contributed by atoms with Crippen molar-refractivity contribution in [2.24, 2.45) is 0 Å². The van der Waals surface area contributed by atoms with Crippen LogP contribution in [0.15, 0.2) is 47.6 Å². The highest BCUT2D eigenvalue weighted by molar-refractivity contribution is 9.10. The fourth-order valence-electron chi connectivity index (χ4n) is 1.66. The van der Waals surface area contributed by atoms with Crippen molar-refractivity contribution in [2.75, 3.05) is 6.54 Å². The molecule has 2 rings (SSSR count). The lowest BCUT2D eigenvalue weighted by molar-refractivity contribution is 0.0758. The summed E-state index contributed by atoms with van der Waals surface area (Å²) in [6, 6.07) is 7.25. The summed E-state index contributed by atoms with van der Waals surface area (Å²) in [5.41, 5.74) is 0.415. The molecule has 0 atom stereocenters. The summed E-state index contributed by atoms with van der Waals surface area (Å²) in [6.07, 6.45) is 3.31. The molecule has 6 heteroatoms. The number of carbonyl (C=O) groups excluding carboxylic acids is 1. The van der Waals surface area contributed by atoms with Crippen LogP contribution in [0.2, 0.25) is 4.34 Å². The summed E-state index contributed by atoms with van der Waals surface area (Å²) in [5, 5.41) is 0. The van der Waals surface area contributed by atoms with Gasteiger partial charge in [-0.3, -0.25) is 4.79 Å². The fourth-order valence-corrected chi connectivity index (χ4v) is 3.00. The van der Waals surface area contributed by atoms with Crippen molar-refractivity contribution < 1.29 is 4.79 Å². The van der Waals surface area contributed by atoms with Crippen LogP contribution in [-0.4, -0.2) is 22.3 Å². The van der Waals surface area contributed by atoms with Gasteiger partial charge in [-0.05, 0) is 40.2 Å². The van der Waals surface area contributed by atoms with Gasteiger partial charge < -0.3 is 4.90 Å². The lowest BCUT2D eigenvalue weighted by Crippen LogP contribution is -2.31. The first-order chi connectivity index (χ1) is 9.60. The van der Waals surface area contributed by atoms with Crippen molar-refractivity contribution in [1.82, 2.24) is 9.88 Å². The first kappa shape index (κ1) is 15.2. The van der Waals surface area contributed by atoms with Crippen molar-refractivity contribution in [3.05, 3.63) is 62.5 Å². The molecule has 2 heterocycles. The Morgan fingerprint density at radius 1 is 1.45 bits per heavy atom. The quantitative estimate of drug-likeness (QED) is 0.730. The highest BCUT2D eigenvalue weighted by Crippen LogP contribution is 2.23. The minimum Gasteiger partial charge on any atom is -0.328 e. The van der Waals surface area contributed by atoms with E-state index in [2.05, 4.69) is 27.5 Å². The Bertz CT molecular complexity index is 612. The molecule has 0 saturated carbocycles. The van der Waals surface area contributed by atoms with Crippen molar-refractivity contribution in [3.63, 3.8) is 0 Å². The number of rotatable bonds is 5. The van der Waals surface area contributed by atoms with E-state index in [4.69, 9.17) is 11.6 Å². The van der Waals surface area contributed by atoms with Gasteiger partial charge in [-0.2, -0.15) is 0 Å². The average Bonchev–Trinajstić information content (AvgIpc) is 2.84. The number of aromatic nitrogens is 1. The summed E-state index contributed by atoms with van der Waals surface area (Å²) in [5.74, 6) is -0.123. The molecule has 0 aromatic carbocycles. The molecule has 0 fully saturated rings. The van der Waals surface area contributed by atoms with Crippen LogP contribution in [0.3, 0.4) is 0 Å². The van der Waals surface area contributed by atoms with Gasteiger partial charge in [0, 0.05) is 22.1 Å². The van der Waals surface area contributed by atoms with Crippen LogP contribution in [0.1, 0.15) is 15.4 Å². The van der Waals surface area contributed by atoms with Crippen molar-refractivity contribution in [1.29, 1.82) is 0 Å². The Morgan fingerprint density at radius 3 is 2.80 bits per heavy atom. The third kappa shape index (κ3) is 3.91. The molecule has 3 nitrogen and oxygen atoms in total. The molecular weight excluding hydrogens is 360 g/mol. The van der Waals surface area contributed by atoms with Gasteiger partial charge in [0.2, 0.25) is 0 Å². The SMILES string of the molecule is C=CCN(Cc1ccc(Cl)s1)C(=O)c1ccc(Br)cn1. The first-order valence-corrected chi connectivity index (χ1v) is 7.85.